The Morgan fingerprint density at radius 3 is 2.52 bits per heavy atom. The monoisotopic (exact) mass is 451 g/mol. The Bertz CT molecular complexity index is 573. The summed E-state index contributed by atoms with van der Waals surface area (Å²) in [5.41, 5.74) is 11.4. The number of carbonyl (C=O) groups is 3. The van der Waals surface area contributed by atoms with Gasteiger partial charge in [-0.15, -0.1) is 12.4 Å². The van der Waals surface area contributed by atoms with Gasteiger partial charge in [-0.05, 0) is 45.2 Å². The standard InChI is InChI=1S/C15H26N6O4.ClH.Cu/c1-9(17)13(22)21-12(6-10-7-18-8-19-10)14(23)20-11(15(24)25)4-2-3-5-16;;/h7-9,11-12H,2-6,16-17H2,1H3,(H4,18,19,20,21,22,23,24,25);1H;/q;;+1/p-2/t9-,11-,12-;;/m0../s1. The third-order valence-corrected chi connectivity index (χ3v) is 3.48. The molecule has 1 heterocycles. The van der Waals surface area contributed by atoms with Crippen LogP contribution in [0, 0.1) is 0 Å². The topological polar surface area (TPSA) is 181 Å². The number of aliphatic carboxylic acids is 1. The van der Waals surface area contributed by atoms with Crippen molar-refractivity contribution in [2.45, 2.75) is 50.7 Å². The van der Waals surface area contributed by atoms with Crippen LogP contribution >= 0.6 is 12.4 Å². The second-order valence-corrected chi connectivity index (χ2v) is 5.70. The summed E-state index contributed by atoms with van der Waals surface area (Å²) in [5.74, 6) is -2.75. The quantitative estimate of drug-likeness (QED) is 0.229. The van der Waals surface area contributed by atoms with Crippen LogP contribution in [0.3, 0.4) is 0 Å². The Morgan fingerprint density at radius 2 is 2.04 bits per heavy atom. The molecule has 1 rings (SSSR count). The number of imidazole rings is 1. The van der Waals surface area contributed by atoms with Crippen molar-refractivity contribution in [2.75, 3.05) is 6.54 Å². The number of carboxylic acids is 1. The molecular weight excluding hydrogens is 427 g/mol. The molecular formula is C15H25ClCuN6O4-. The summed E-state index contributed by atoms with van der Waals surface area (Å²) >= 11 is 0. The average Bonchev–Trinajstić information content (AvgIpc) is 3.06. The van der Waals surface area contributed by atoms with E-state index in [-0.39, 0.29) is 42.3 Å². The van der Waals surface area contributed by atoms with Crippen molar-refractivity contribution in [3.8, 4) is 0 Å². The molecule has 0 saturated carbocycles. The number of nitrogens with zero attached hydrogens (tertiary/aromatic N) is 2. The molecule has 0 saturated heterocycles. The molecule has 0 aliphatic rings. The molecule has 0 aliphatic carbocycles. The predicted molar refractivity (Wildman–Crippen MR) is 95.2 cm³/mol. The van der Waals surface area contributed by atoms with E-state index in [9.17, 15) is 19.5 Å². The first kappa shape index (κ1) is 27.6. The number of nitrogens with one attached hydrogen (secondary N) is 2. The maximum absolute atomic E-state index is 12.4. The molecule has 2 amide bonds. The number of aromatic nitrogens is 2. The third kappa shape index (κ3) is 10.3. The summed E-state index contributed by atoms with van der Waals surface area (Å²) in [7, 11) is 0. The van der Waals surface area contributed by atoms with E-state index in [1.165, 1.54) is 13.3 Å². The van der Waals surface area contributed by atoms with Crippen LogP contribution in [0.25, 0.3) is 5.32 Å². The number of rotatable bonds is 11. The van der Waals surface area contributed by atoms with Crippen LogP contribution < -0.4 is 21.9 Å². The van der Waals surface area contributed by atoms with Crippen LogP contribution in [0.5, 0.6) is 0 Å². The van der Waals surface area contributed by atoms with E-state index in [0.717, 1.165) is 0 Å². The SMILES string of the molecule is C[C@H](N)C(=O)[N-][C@@H](Cc1c[nH]cn1)C(=O)N[C@@H](CCCCN)C(=O)[O-].Cl.[Cu+]. The zero-order valence-corrected chi connectivity index (χ0v) is 16.6. The van der Waals surface area contributed by atoms with Crippen molar-refractivity contribution >= 4 is 30.2 Å². The molecule has 6 N–H and O–H groups in total. The zero-order chi connectivity index (χ0) is 18.8. The first-order valence-electron chi connectivity index (χ1n) is 8.04. The van der Waals surface area contributed by atoms with Crippen LogP contribution in [0.4, 0.5) is 0 Å². The second kappa shape index (κ2) is 14.4. The number of carbonyl (C=O) groups excluding carboxylic acids is 3. The largest absolute Gasteiger partial charge is 1.00 e. The van der Waals surface area contributed by atoms with Gasteiger partial charge in [-0.25, -0.2) is 4.98 Å². The number of H-pyrrole nitrogens is 1. The fraction of sp³-hybridized carbons (Fsp3) is 0.600. The van der Waals surface area contributed by atoms with Crippen LogP contribution in [0.1, 0.15) is 31.9 Å². The molecule has 0 radical (unpaired) electrons. The van der Waals surface area contributed by atoms with Crippen molar-refractivity contribution < 1.29 is 36.6 Å². The van der Waals surface area contributed by atoms with Gasteiger partial charge in [0, 0.05) is 12.2 Å². The number of amides is 2. The molecule has 27 heavy (non-hydrogen) atoms. The molecule has 0 unspecified atom stereocenters. The van der Waals surface area contributed by atoms with Crippen molar-refractivity contribution in [3.05, 3.63) is 23.5 Å². The van der Waals surface area contributed by atoms with Crippen molar-refractivity contribution in [2.24, 2.45) is 11.5 Å². The Balaban J connectivity index is 0. The van der Waals surface area contributed by atoms with Crippen molar-refractivity contribution in [1.29, 1.82) is 0 Å². The molecule has 0 bridgehead atoms. The number of hydrogen-bond acceptors (Lipinski definition) is 7. The molecule has 1 aromatic heterocycles. The molecule has 0 spiro atoms. The van der Waals surface area contributed by atoms with Gasteiger partial charge in [-0.1, -0.05) is 0 Å². The molecule has 158 valence electrons. The summed E-state index contributed by atoms with van der Waals surface area (Å²) in [6.45, 7) is 1.87. The van der Waals surface area contributed by atoms with E-state index in [0.29, 0.717) is 25.1 Å². The number of aromatic amines is 1. The van der Waals surface area contributed by atoms with Gasteiger partial charge in [0.05, 0.1) is 29.9 Å². The van der Waals surface area contributed by atoms with Crippen molar-refractivity contribution in [1.82, 2.24) is 15.3 Å². The van der Waals surface area contributed by atoms with Crippen LogP contribution in [0.2, 0.25) is 0 Å². The fourth-order valence-electron chi connectivity index (χ4n) is 2.08. The van der Waals surface area contributed by atoms with Gasteiger partial charge in [0.15, 0.2) is 0 Å². The maximum Gasteiger partial charge on any atom is 1.00 e. The Hall–Kier alpha value is -1.65. The molecule has 1 aromatic rings. The summed E-state index contributed by atoms with van der Waals surface area (Å²) in [6.07, 6.45) is 4.36. The van der Waals surface area contributed by atoms with Gasteiger partial charge >= 0.3 is 17.1 Å². The smallest absolute Gasteiger partial charge is 0.642 e. The number of carboxylic acid groups (broad SMARTS) is 1. The van der Waals surface area contributed by atoms with Crippen LogP contribution in [-0.2, 0) is 37.9 Å². The first-order valence-corrected chi connectivity index (χ1v) is 8.04. The number of halogens is 1. The van der Waals surface area contributed by atoms with E-state index in [1.54, 1.807) is 6.20 Å². The zero-order valence-electron chi connectivity index (χ0n) is 14.8. The summed E-state index contributed by atoms with van der Waals surface area (Å²) < 4.78 is 0. The molecule has 0 aromatic carbocycles. The second-order valence-electron chi connectivity index (χ2n) is 5.70. The van der Waals surface area contributed by atoms with Gasteiger partial charge in [-0.2, -0.15) is 0 Å². The third-order valence-electron chi connectivity index (χ3n) is 3.48. The minimum absolute atomic E-state index is 0. The number of hydrogen-bond donors (Lipinski definition) is 4. The average molecular weight is 452 g/mol. The Kier molecular flexibility index (Phi) is 14.7. The van der Waals surface area contributed by atoms with E-state index in [2.05, 4.69) is 20.6 Å². The van der Waals surface area contributed by atoms with Gasteiger partial charge in [0.25, 0.3) is 0 Å². The van der Waals surface area contributed by atoms with E-state index in [4.69, 9.17) is 11.5 Å². The predicted octanol–water partition coefficient (Wildman–Crippen LogP) is -1.65. The summed E-state index contributed by atoms with van der Waals surface area (Å²) in [4.78, 5) is 42.1. The van der Waals surface area contributed by atoms with E-state index < -0.39 is 35.9 Å². The van der Waals surface area contributed by atoms with Crippen molar-refractivity contribution in [3.63, 3.8) is 0 Å². The minimum atomic E-state index is -1.40. The Labute approximate surface area is 174 Å². The molecule has 0 aliphatic heterocycles. The normalized spacial score (nSPS) is 13.3. The fourth-order valence-corrected chi connectivity index (χ4v) is 2.08. The van der Waals surface area contributed by atoms with Crippen LogP contribution in [-0.4, -0.2) is 52.4 Å². The number of unbranched alkanes of at least 4 members (excludes halogenated alkanes) is 1. The molecule has 3 atom stereocenters. The maximum atomic E-state index is 12.4. The van der Waals surface area contributed by atoms with E-state index >= 15 is 0 Å². The molecule has 10 nitrogen and oxygen atoms in total. The van der Waals surface area contributed by atoms with Gasteiger partial charge in [-0.3, -0.25) is 4.79 Å². The van der Waals surface area contributed by atoms with E-state index in [1.807, 2.05) is 0 Å². The first-order chi connectivity index (χ1) is 11.8. The minimum Gasteiger partial charge on any atom is -0.642 e. The summed E-state index contributed by atoms with van der Waals surface area (Å²) in [6, 6.07) is -3.17. The summed E-state index contributed by atoms with van der Waals surface area (Å²) in [5, 5.41) is 17.4. The molecule has 12 heteroatoms. The van der Waals surface area contributed by atoms with Gasteiger partial charge in [0.1, 0.15) is 0 Å². The van der Waals surface area contributed by atoms with Crippen LogP contribution in [0.15, 0.2) is 12.5 Å². The van der Waals surface area contributed by atoms with Gasteiger partial charge < -0.3 is 41.8 Å². The molecule has 0 fully saturated rings. The number of nitrogens with two attached hydrogens (primary N) is 2. The van der Waals surface area contributed by atoms with Gasteiger partial charge in [0.2, 0.25) is 5.91 Å². The Morgan fingerprint density at radius 1 is 1.37 bits per heavy atom.